The fraction of sp³-hybridized carbons (Fsp3) is 0.444. The molecule has 3 rings (SSSR count). The van der Waals surface area contributed by atoms with Crippen LogP contribution in [0.15, 0.2) is 52.5 Å². The first-order valence-electron chi connectivity index (χ1n) is 7.84. The molecule has 0 aromatic heterocycles. The smallest absolute Gasteiger partial charge is 0.243 e. The first-order valence-corrected chi connectivity index (χ1v) is 9.28. The summed E-state index contributed by atoms with van der Waals surface area (Å²) >= 11 is 0. The molecule has 4 nitrogen and oxygen atoms in total. The monoisotopic (exact) mass is 333 g/mol. The highest BCUT2D eigenvalue weighted by molar-refractivity contribution is 7.89. The van der Waals surface area contributed by atoms with E-state index in [1.54, 1.807) is 16.4 Å². The molecule has 5 heteroatoms. The van der Waals surface area contributed by atoms with Crippen LogP contribution in [0.3, 0.4) is 0 Å². The predicted octanol–water partition coefficient (Wildman–Crippen LogP) is 2.91. The van der Waals surface area contributed by atoms with Crippen molar-refractivity contribution < 1.29 is 13.2 Å². The summed E-state index contributed by atoms with van der Waals surface area (Å²) in [5, 5.41) is 0. The topological polar surface area (TPSA) is 46.6 Å². The number of rotatable bonds is 2. The molecule has 23 heavy (non-hydrogen) atoms. The van der Waals surface area contributed by atoms with Crippen LogP contribution >= 0.6 is 0 Å². The van der Waals surface area contributed by atoms with Crippen LogP contribution < -0.4 is 0 Å². The summed E-state index contributed by atoms with van der Waals surface area (Å²) in [5.74, 6) is 0. The standard InChI is InChI=1S/C18H23NO3S/c1-14-6-8-16(9-7-14)23(20,21)19-11-17-15(2)5-4-10-22-13-18(17,3)12-19/h4-9H,10-13H2,1-3H3/b5-4-,17-15-/t18-/m1/s1. The van der Waals surface area contributed by atoms with Gasteiger partial charge in [0.1, 0.15) is 0 Å². The van der Waals surface area contributed by atoms with E-state index in [9.17, 15) is 8.42 Å². The van der Waals surface area contributed by atoms with Gasteiger partial charge in [0, 0.05) is 18.5 Å². The highest BCUT2D eigenvalue weighted by Crippen LogP contribution is 2.40. The van der Waals surface area contributed by atoms with Gasteiger partial charge >= 0.3 is 0 Å². The third-order valence-electron chi connectivity index (χ3n) is 4.73. The van der Waals surface area contributed by atoms with Crippen LogP contribution in [0, 0.1) is 12.3 Å². The van der Waals surface area contributed by atoms with Crippen molar-refractivity contribution in [3.05, 3.63) is 53.1 Å². The van der Waals surface area contributed by atoms with E-state index in [2.05, 4.69) is 13.8 Å². The highest BCUT2D eigenvalue weighted by Gasteiger charge is 2.44. The lowest BCUT2D eigenvalue weighted by Crippen LogP contribution is -2.33. The molecule has 0 amide bonds. The summed E-state index contributed by atoms with van der Waals surface area (Å²) in [6.45, 7) is 8.12. The number of nitrogens with zero attached hydrogens (tertiary/aromatic N) is 1. The Balaban J connectivity index is 1.97. The second kappa shape index (κ2) is 5.89. The second-order valence-corrected chi connectivity index (χ2v) is 8.66. The molecule has 1 atom stereocenters. The van der Waals surface area contributed by atoms with Crippen molar-refractivity contribution in [3.8, 4) is 0 Å². The highest BCUT2D eigenvalue weighted by atomic mass is 32.2. The summed E-state index contributed by atoms with van der Waals surface area (Å²) in [5.41, 5.74) is 3.10. The van der Waals surface area contributed by atoms with Crippen molar-refractivity contribution in [2.75, 3.05) is 26.3 Å². The first-order chi connectivity index (χ1) is 10.8. The molecule has 2 aliphatic rings. The molecule has 0 aliphatic carbocycles. The van der Waals surface area contributed by atoms with E-state index < -0.39 is 10.0 Å². The Bertz CT molecular complexity index is 762. The number of ether oxygens (including phenoxy) is 1. The van der Waals surface area contributed by atoms with Gasteiger partial charge in [-0.15, -0.1) is 0 Å². The minimum atomic E-state index is -3.48. The van der Waals surface area contributed by atoms with Gasteiger partial charge in [-0.3, -0.25) is 0 Å². The molecule has 0 spiro atoms. The van der Waals surface area contributed by atoms with Gasteiger partial charge in [-0.1, -0.05) is 42.3 Å². The Kier molecular flexibility index (Phi) is 4.21. The number of hydrogen-bond donors (Lipinski definition) is 0. The van der Waals surface area contributed by atoms with Gasteiger partial charge in [0.05, 0.1) is 18.1 Å². The minimum absolute atomic E-state index is 0.257. The van der Waals surface area contributed by atoms with E-state index in [1.165, 1.54) is 0 Å². The summed E-state index contributed by atoms with van der Waals surface area (Å²) in [7, 11) is -3.48. The molecule has 0 N–H and O–H groups in total. The van der Waals surface area contributed by atoms with Crippen molar-refractivity contribution in [3.63, 3.8) is 0 Å². The van der Waals surface area contributed by atoms with Gasteiger partial charge in [0.2, 0.25) is 10.0 Å². The Labute approximate surface area is 138 Å². The molecule has 2 heterocycles. The van der Waals surface area contributed by atoms with Crippen LogP contribution in [0.4, 0.5) is 0 Å². The number of fused-ring (bicyclic) bond motifs is 1. The fourth-order valence-electron chi connectivity index (χ4n) is 3.35. The number of sulfonamides is 1. The summed E-state index contributed by atoms with van der Waals surface area (Å²) in [6, 6.07) is 7.05. The summed E-state index contributed by atoms with van der Waals surface area (Å²) in [6.07, 6.45) is 4.02. The van der Waals surface area contributed by atoms with Crippen LogP contribution in [0.2, 0.25) is 0 Å². The average molecular weight is 333 g/mol. The van der Waals surface area contributed by atoms with E-state index in [0.717, 1.165) is 16.7 Å². The quantitative estimate of drug-likeness (QED) is 0.836. The van der Waals surface area contributed by atoms with Gasteiger partial charge in [-0.2, -0.15) is 4.31 Å². The predicted molar refractivity (Wildman–Crippen MR) is 90.7 cm³/mol. The average Bonchev–Trinajstić information content (AvgIpc) is 2.84. The fourth-order valence-corrected chi connectivity index (χ4v) is 4.88. The lowest BCUT2D eigenvalue weighted by atomic mass is 9.83. The second-order valence-electron chi connectivity index (χ2n) is 6.73. The molecule has 1 aromatic carbocycles. The van der Waals surface area contributed by atoms with Gasteiger partial charge in [0.15, 0.2) is 0 Å². The van der Waals surface area contributed by atoms with Crippen molar-refractivity contribution in [2.24, 2.45) is 5.41 Å². The van der Waals surface area contributed by atoms with E-state index in [1.807, 2.05) is 31.2 Å². The molecule has 0 radical (unpaired) electrons. The van der Waals surface area contributed by atoms with Crippen LogP contribution in [0.1, 0.15) is 19.4 Å². The molecular formula is C18H23NO3S. The van der Waals surface area contributed by atoms with E-state index in [0.29, 0.717) is 31.2 Å². The summed E-state index contributed by atoms with van der Waals surface area (Å²) in [4.78, 5) is 0.357. The molecule has 124 valence electrons. The molecule has 1 aromatic rings. The van der Waals surface area contributed by atoms with Crippen molar-refractivity contribution >= 4 is 10.0 Å². The third kappa shape index (κ3) is 3.01. The van der Waals surface area contributed by atoms with Crippen molar-refractivity contribution in [2.45, 2.75) is 25.7 Å². The van der Waals surface area contributed by atoms with Crippen LogP contribution in [0.25, 0.3) is 0 Å². The molecule has 1 saturated heterocycles. The number of allylic oxidation sites excluding steroid dienone is 2. The largest absolute Gasteiger partial charge is 0.376 e. The van der Waals surface area contributed by atoms with Crippen molar-refractivity contribution in [1.82, 2.24) is 4.31 Å². The van der Waals surface area contributed by atoms with Gasteiger partial charge in [0.25, 0.3) is 0 Å². The lowest BCUT2D eigenvalue weighted by Gasteiger charge is -2.27. The van der Waals surface area contributed by atoms with Crippen molar-refractivity contribution in [1.29, 1.82) is 0 Å². The van der Waals surface area contributed by atoms with E-state index in [-0.39, 0.29) is 5.41 Å². The Morgan fingerprint density at radius 2 is 1.87 bits per heavy atom. The number of benzene rings is 1. The maximum Gasteiger partial charge on any atom is 0.243 e. The zero-order chi connectivity index (χ0) is 16.7. The maximum absolute atomic E-state index is 13.0. The van der Waals surface area contributed by atoms with Crippen LogP contribution in [-0.2, 0) is 14.8 Å². The Hall–Kier alpha value is -1.43. The molecule has 2 aliphatic heterocycles. The molecule has 0 bridgehead atoms. The minimum Gasteiger partial charge on any atom is -0.376 e. The Morgan fingerprint density at radius 1 is 1.17 bits per heavy atom. The van der Waals surface area contributed by atoms with E-state index >= 15 is 0 Å². The molecule has 0 saturated carbocycles. The normalized spacial score (nSPS) is 30.6. The Morgan fingerprint density at radius 3 is 2.57 bits per heavy atom. The first kappa shape index (κ1) is 16.4. The molecule has 1 fully saturated rings. The van der Waals surface area contributed by atoms with Gasteiger partial charge in [-0.05, 0) is 31.6 Å². The van der Waals surface area contributed by atoms with Crippen LogP contribution in [-0.4, -0.2) is 39.0 Å². The zero-order valence-electron chi connectivity index (χ0n) is 13.9. The van der Waals surface area contributed by atoms with Crippen LogP contribution in [0.5, 0.6) is 0 Å². The van der Waals surface area contributed by atoms with Gasteiger partial charge < -0.3 is 4.74 Å². The number of hydrogen-bond acceptors (Lipinski definition) is 3. The zero-order valence-corrected chi connectivity index (χ0v) is 14.7. The maximum atomic E-state index is 13.0. The van der Waals surface area contributed by atoms with E-state index in [4.69, 9.17) is 4.74 Å². The summed E-state index contributed by atoms with van der Waals surface area (Å²) < 4.78 is 33.2. The lowest BCUT2D eigenvalue weighted by molar-refractivity contribution is 0.0933. The SMILES string of the molecule is CC1=C2\CN(S(=O)(=O)c3ccc(C)cc3)C[C@]2(C)COC/C=C\1. The number of aryl methyl sites for hydroxylation is 1. The molecule has 0 unspecified atom stereocenters. The van der Waals surface area contributed by atoms with Gasteiger partial charge in [-0.25, -0.2) is 8.42 Å². The third-order valence-corrected chi connectivity index (χ3v) is 6.53. The molecular weight excluding hydrogens is 310 g/mol.